The fraction of sp³-hybridized carbons (Fsp3) is 0.0909. The third-order valence-corrected chi connectivity index (χ3v) is 5.80. The zero-order chi connectivity index (χ0) is 24.2. The van der Waals surface area contributed by atoms with E-state index in [9.17, 15) is 18.4 Å². The maximum absolute atomic E-state index is 14.7. The van der Waals surface area contributed by atoms with Gasteiger partial charge >= 0.3 is 0 Å². The van der Waals surface area contributed by atoms with E-state index < -0.39 is 22.8 Å². The van der Waals surface area contributed by atoms with E-state index in [1.54, 1.807) is 6.26 Å². The van der Waals surface area contributed by atoms with Crippen LogP contribution in [-0.4, -0.2) is 35.1 Å². The molecule has 4 aromatic rings. The van der Waals surface area contributed by atoms with E-state index >= 15 is 0 Å². The molecule has 0 saturated carbocycles. The molecule has 0 aliphatic heterocycles. The van der Waals surface area contributed by atoms with E-state index in [0.29, 0.717) is 4.88 Å². The molecule has 8 nitrogen and oxygen atoms in total. The number of thiophene rings is 1. The lowest BCUT2D eigenvalue weighted by Gasteiger charge is -2.10. The molecule has 0 radical (unpaired) electrons. The lowest BCUT2D eigenvalue weighted by molar-refractivity contribution is 0.0957. The maximum atomic E-state index is 14.7. The largest absolute Gasteiger partial charge is 0.454 e. The van der Waals surface area contributed by atoms with Gasteiger partial charge in [-0.15, -0.1) is 11.3 Å². The second-order valence-electron chi connectivity index (χ2n) is 6.62. The molecule has 3 aromatic heterocycles. The number of halogens is 2. The molecule has 0 unspecified atom stereocenters. The number of nitrogens with one attached hydrogen (secondary N) is 2. The Morgan fingerprint density at radius 1 is 1.12 bits per heavy atom. The number of oxazole rings is 1. The molecule has 0 aliphatic carbocycles. The molecule has 0 fully saturated rings. The smallest absolute Gasteiger partial charge is 0.278 e. The number of amides is 2. The van der Waals surface area contributed by atoms with Crippen LogP contribution in [0.3, 0.4) is 0 Å². The van der Waals surface area contributed by atoms with Crippen LogP contribution in [0.15, 0.2) is 58.3 Å². The van der Waals surface area contributed by atoms with Crippen molar-refractivity contribution in [2.24, 2.45) is 0 Å². The third kappa shape index (κ3) is 5.07. The van der Waals surface area contributed by atoms with Crippen molar-refractivity contribution < 1.29 is 27.5 Å². The topological polar surface area (TPSA) is 106 Å². The van der Waals surface area contributed by atoms with Crippen LogP contribution >= 0.6 is 23.1 Å². The molecule has 0 aliphatic rings. The minimum atomic E-state index is -0.749. The van der Waals surface area contributed by atoms with Crippen molar-refractivity contribution >= 4 is 40.6 Å². The number of nitrogens with zero attached hydrogens (tertiary/aromatic N) is 2. The molecule has 174 valence electrons. The SMILES string of the molecule is CNC(=O)c1cc(Oc2ccc(NC(=O)c3nc(SC)oc3-c3ccc(F)s3)cc2F)ccn1. The maximum Gasteiger partial charge on any atom is 0.278 e. The number of benzene rings is 1. The molecule has 2 N–H and O–H groups in total. The van der Waals surface area contributed by atoms with Gasteiger partial charge < -0.3 is 19.8 Å². The van der Waals surface area contributed by atoms with Gasteiger partial charge in [-0.05, 0) is 36.6 Å². The Morgan fingerprint density at radius 3 is 2.62 bits per heavy atom. The Balaban J connectivity index is 1.53. The fourth-order valence-corrected chi connectivity index (χ4v) is 3.91. The van der Waals surface area contributed by atoms with Gasteiger partial charge in [-0.3, -0.25) is 14.6 Å². The van der Waals surface area contributed by atoms with Crippen LogP contribution in [0.25, 0.3) is 10.6 Å². The first-order valence-corrected chi connectivity index (χ1v) is 11.7. The number of ether oxygens (including phenoxy) is 1. The minimum absolute atomic E-state index is 0.0505. The number of anilines is 1. The number of thioether (sulfide) groups is 1. The van der Waals surface area contributed by atoms with Crippen LogP contribution in [0.4, 0.5) is 14.5 Å². The average molecular weight is 503 g/mol. The van der Waals surface area contributed by atoms with Crippen LogP contribution in [0.2, 0.25) is 0 Å². The first kappa shape index (κ1) is 23.4. The Hall–Kier alpha value is -3.77. The Morgan fingerprint density at radius 2 is 1.94 bits per heavy atom. The number of rotatable bonds is 7. The lowest BCUT2D eigenvalue weighted by Crippen LogP contribution is -2.18. The molecule has 3 heterocycles. The van der Waals surface area contributed by atoms with E-state index in [1.165, 1.54) is 61.4 Å². The predicted octanol–water partition coefficient (Wildman–Crippen LogP) is 5.20. The normalized spacial score (nSPS) is 10.7. The quantitative estimate of drug-likeness (QED) is 0.335. The molecule has 2 amide bonds. The molecule has 12 heteroatoms. The highest BCUT2D eigenvalue weighted by Crippen LogP contribution is 2.34. The zero-order valence-corrected chi connectivity index (χ0v) is 19.4. The molecule has 0 bridgehead atoms. The van der Waals surface area contributed by atoms with Crippen molar-refractivity contribution in [2.45, 2.75) is 5.22 Å². The summed E-state index contributed by atoms with van der Waals surface area (Å²) in [5, 5.41) is 4.80. The summed E-state index contributed by atoms with van der Waals surface area (Å²) in [6, 6.07) is 9.45. The van der Waals surface area contributed by atoms with Gasteiger partial charge in [-0.25, -0.2) is 4.39 Å². The number of hydrogen-bond acceptors (Lipinski definition) is 8. The standard InChI is InChI=1S/C22H16F2N4O4S2/c1-25-20(29)14-10-12(7-8-26-14)31-15-4-3-11(9-13(15)23)27-21(30)18-19(32-22(28-18)33-2)16-5-6-17(24)34-16/h3-10H,1-2H3,(H,25,29)(H,27,30). The van der Waals surface area contributed by atoms with Gasteiger partial charge in [0.25, 0.3) is 17.0 Å². The van der Waals surface area contributed by atoms with Crippen LogP contribution in [0.1, 0.15) is 21.0 Å². The van der Waals surface area contributed by atoms with E-state index in [1.807, 2.05) is 0 Å². The van der Waals surface area contributed by atoms with Crippen molar-refractivity contribution in [1.82, 2.24) is 15.3 Å². The van der Waals surface area contributed by atoms with Gasteiger partial charge in [0.15, 0.2) is 28.2 Å². The number of carbonyl (C=O) groups excluding carboxylic acids is 2. The van der Waals surface area contributed by atoms with E-state index in [2.05, 4.69) is 20.6 Å². The van der Waals surface area contributed by atoms with Crippen molar-refractivity contribution in [3.05, 3.63) is 71.0 Å². The summed E-state index contributed by atoms with van der Waals surface area (Å²) in [5.41, 5.74) is 0.209. The molecule has 4 rings (SSSR count). The molecule has 1 aromatic carbocycles. The summed E-state index contributed by atoms with van der Waals surface area (Å²) in [5.74, 6) is -1.59. The average Bonchev–Trinajstić information content (AvgIpc) is 3.46. The van der Waals surface area contributed by atoms with E-state index in [4.69, 9.17) is 9.15 Å². The van der Waals surface area contributed by atoms with Crippen molar-refractivity contribution in [2.75, 3.05) is 18.6 Å². The van der Waals surface area contributed by atoms with Gasteiger partial charge in [-0.1, -0.05) is 11.8 Å². The highest BCUT2D eigenvalue weighted by atomic mass is 32.2. The van der Waals surface area contributed by atoms with Gasteiger partial charge in [0.2, 0.25) is 0 Å². The summed E-state index contributed by atoms with van der Waals surface area (Å²) < 4.78 is 39.2. The number of pyridine rings is 1. The van der Waals surface area contributed by atoms with Crippen molar-refractivity contribution in [3.8, 4) is 22.1 Å². The molecule has 34 heavy (non-hydrogen) atoms. The van der Waals surface area contributed by atoms with Gasteiger partial charge in [0, 0.05) is 31.1 Å². The summed E-state index contributed by atoms with van der Waals surface area (Å²) in [6.07, 6.45) is 3.09. The summed E-state index contributed by atoms with van der Waals surface area (Å²) >= 11 is 2.00. The highest BCUT2D eigenvalue weighted by molar-refractivity contribution is 7.98. The first-order chi connectivity index (χ1) is 16.4. The van der Waals surface area contributed by atoms with Gasteiger partial charge in [0.1, 0.15) is 11.4 Å². The zero-order valence-electron chi connectivity index (χ0n) is 17.7. The number of hydrogen-bond donors (Lipinski definition) is 2. The van der Waals surface area contributed by atoms with Crippen molar-refractivity contribution in [3.63, 3.8) is 0 Å². The molecule has 0 spiro atoms. The Kier molecular flexibility index (Phi) is 6.89. The van der Waals surface area contributed by atoms with E-state index in [-0.39, 0.29) is 39.6 Å². The highest BCUT2D eigenvalue weighted by Gasteiger charge is 2.23. The van der Waals surface area contributed by atoms with Crippen LogP contribution in [0, 0.1) is 10.9 Å². The summed E-state index contributed by atoms with van der Waals surface area (Å²) in [6.45, 7) is 0. The second kappa shape index (κ2) is 10.0. The fourth-order valence-electron chi connectivity index (χ4n) is 2.85. The molecule has 0 atom stereocenters. The monoisotopic (exact) mass is 502 g/mol. The third-order valence-electron chi connectivity index (χ3n) is 4.40. The molecular weight excluding hydrogens is 486 g/mol. The predicted molar refractivity (Wildman–Crippen MR) is 124 cm³/mol. The van der Waals surface area contributed by atoms with Crippen LogP contribution in [0.5, 0.6) is 11.5 Å². The summed E-state index contributed by atoms with van der Waals surface area (Å²) in [7, 11) is 1.47. The van der Waals surface area contributed by atoms with Crippen LogP contribution in [-0.2, 0) is 0 Å². The van der Waals surface area contributed by atoms with Crippen LogP contribution < -0.4 is 15.4 Å². The van der Waals surface area contributed by atoms with Crippen molar-refractivity contribution in [1.29, 1.82) is 0 Å². The summed E-state index contributed by atoms with van der Waals surface area (Å²) in [4.78, 5) is 33.0. The molecule has 0 saturated heterocycles. The Labute approximate surface area is 200 Å². The number of carbonyl (C=O) groups is 2. The van der Waals surface area contributed by atoms with Gasteiger partial charge in [0.05, 0.1) is 4.88 Å². The first-order valence-electron chi connectivity index (χ1n) is 9.65. The molecular formula is C22H16F2N4O4S2. The minimum Gasteiger partial charge on any atom is -0.454 e. The second-order valence-corrected chi connectivity index (χ2v) is 8.41. The van der Waals surface area contributed by atoms with E-state index in [0.717, 1.165) is 17.4 Å². The van der Waals surface area contributed by atoms with Gasteiger partial charge in [-0.2, -0.15) is 9.37 Å². The lowest BCUT2D eigenvalue weighted by atomic mass is 10.2. The Bertz CT molecular complexity index is 1370. The number of aromatic nitrogens is 2.